The van der Waals surface area contributed by atoms with Crippen molar-refractivity contribution in [2.45, 2.75) is 43.8 Å². The summed E-state index contributed by atoms with van der Waals surface area (Å²) in [4.78, 5) is 12.5. The summed E-state index contributed by atoms with van der Waals surface area (Å²) in [7, 11) is 3.31. The van der Waals surface area contributed by atoms with Gasteiger partial charge in [0.1, 0.15) is 0 Å². The fourth-order valence-corrected chi connectivity index (χ4v) is 2.63. The third-order valence-corrected chi connectivity index (χ3v) is 3.71. The van der Waals surface area contributed by atoms with Gasteiger partial charge in [-0.3, -0.25) is 4.79 Å². The van der Waals surface area contributed by atoms with E-state index < -0.39 is 23.6 Å². The number of carboxylic acids is 1. The maximum absolute atomic E-state index is 12.7. The van der Waals surface area contributed by atoms with E-state index in [0.717, 1.165) is 0 Å². The van der Waals surface area contributed by atoms with E-state index in [1.807, 2.05) is 0 Å². The summed E-state index contributed by atoms with van der Waals surface area (Å²) in [6, 6.07) is 0. The molecule has 2 unspecified atom stereocenters. The number of nitrogens with zero attached hydrogens (tertiary/aromatic N) is 1. The molecular weight excluding hydrogens is 235 g/mol. The molecule has 6 heteroatoms. The van der Waals surface area contributed by atoms with Gasteiger partial charge in [0.15, 0.2) is 0 Å². The molecule has 3 nitrogen and oxygen atoms in total. The van der Waals surface area contributed by atoms with Crippen molar-refractivity contribution in [1.29, 1.82) is 0 Å². The lowest BCUT2D eigenvalue weighted by atomic mass is 9.73. The number of carbonyl (C=O) groups is 1. The van der Waals surface area contributed by atoms with E-state index >= 15 is 0 Å². The summed E-state index contributed by atoms with van der Waals surface area (Å²) >= 11 is 0. The molecule has 0 aromatic carbocycles. The van der Waals surface area contributed by atoms with Gasteiger partial charge in [-0.1, -0.05) is 6.42 Å². The molecular formula is C11H18F3NO2. The second kappa shape index (κ2) is 4.84. The molecule has 0 aromatic rings. The van der Waals surface area contributed by atoms with E-state index in [1.165, 1.54) is 0 Å². The van der Waals surface area contributed by atoms with Crippen LogP contribution in [0.1, 0.15) is 32.1 Å². The van der Waals surface area contributed by atoms with E-state index in [2.05, 4.69) is 0 Å². The molecule has 0 radical (unpaired) electrons. The molecule has 1 saturated carbocycles. The second-order valence-electron chi connectivity index (χ2n) is 5.02. The van der Waals surface area contributed by atoms with Crippen LogP contribution in [0.4, 0.5) is 13.2 Å². The van der Waals surface area contributed by atoms with Crippen molar-refractivity contribution >= 4 is 5.97 Å². The fraction of sp³-hybridized carbons (Fsp3) is 0.909. The van der Waals surface area contributed by atoms with Crippen molar-refractivity contribution in [2.75, 3.05) is 14.1 Å². The molecule has 1 aliphatic carbocycles. The zero-order valence-electron chi connectivity index (χ0n) is 10.0. The van der Waals surface area contributed by atoms with Crippen LogP contribution in [-0.4, -0.2) is 41.8 Å². The molecule has 0 aliphatic heterocycles. The minimum absolute atomic E-state index is 0.110. The second-order valence-corrected chi connectivity index (χ2v) is 5.02. The minimum Gasteiger partial charge on any atom is -0.481 e. The minimum atomic E-state index is -4.22. The average Bonchev–Trinajstić information content (AvgIpc) is 2.15. The third kappa shape index (κ3) is 3.34. The summed E-state index contributed by atoms with van der Waals surface area (Å²) < 4.78 is 38.2. The van der Waals surface area contributed by atoms with Gasteiger partial charge >= 0.3 is 12.1 Å². The zero-order valence-corrected chi connectivity index (χ0v) is 10.0. The number of hydrogen-bond donors (Lipinski definition) is 1. The van der Waals surface area contributed by atoms with Crippen LogP contribution in [0.3, 0.4) is 0 Å². The Hall–Kier alpha value is -0.780. The van der Waals surface area contributed by atoms with E-state index in [-0.39, 0.29) is 19.3 Å². The summed E-state index contributed by atoms with van der Waals surface area (Å²) in [5.74, 6) is -2.42. The monoisotopic (exact) mass is 253 g/mol. The number of aliphatic carboxylic acids is 1. The lowest BCUT2D eigenvalue weighted by molar-refractivity contribution is -0.194. The van der Waals surface area contributed by atoms with Crippen LogP contribution in [0.5, 0.6) is 0 Å². The Morgan fingerprint density at radius 1 is 1.47 bits per heavy atom. The number of halogens is 3. The molecule has 0 saturated heterocycles. The Morgan fingerprint density at radius 3 is 2.47 bits per heavy atom. The van der Waals surface area contributed by atoms with Gasteiger partial charge < -0.3 is 10.0 Å². The fourth-order valence-electron chi connectivity index (χ4n) is 2.63. The number of carboxylic acid groups (broad SMARTS) is 1. The maximum atomic E-state index is 12.7. The highest BCUT2D eigenvalue weighted by Gasteiger charge is 2.49. The first kappa shape index (κ1) is 14.3. The van der Waals surface area contributed by atoms with E-state index in [9.17, 15) is 18.0 Å². The molecule has 1 aliphatic rings. The highest BCUT2D eigenvalue weighted by Crippen LogP contribution is 2.44. The van der Waals surface area contributed by atoms with Crippen LogP contribution in [-0.2, 0) is 4.79 Å². The van der Waals surface area contributed by atoms with Crippen molar-refractivity contribution in [1.82, 2.24) is 4.90 Å². The number of rotatable bonds is 3. The molecule has 100 valence electrons. The predicted octanol–water partition coefficient (Wildman–Crippen LogP) is 2.51. The van der Waals surface area contributed by atoms with Gasteiger partial charge in [0, 0.05) is 5.54 Å². The molecule has 0 spiro atoms. The first-order valence-electron chi connectivity index (χ1n) is 5.63. The molecule has 1 rings (SSSR count). The SMILES string of the molecule is CN(C)C1(CC(=O)O)CCCC(C(F)(F)F)C1. The predicted molar refractivity (Wildman–Crippen MR) is 56.7 cm³/mol. The van der Waals surface area contributed by atoms with Crippen LogP contribution in [0.2, 0.25) is 0 Å². The Balaban J connectivity index is 2.88. The van der Waals surface area contributed by atoms with Gasteiger partial charge in [0.05, 0.1) is 12.3 Å². The van der Waals surface area contributed by atoms with E-state index in [4.69, 9.17) is 5.11 Å². The van der Waals surface area contributed by atoms with Gasteiger partial charge in [0.2, 0.25) is 0 Å². The largest absolute Gasteiger partial charge is 0.481 e. The average molecular weight is 253 g/mol. The highest BCUT2D eigenvalue weighted by molar-refractivity contribution is 5.68. The summed E-state index contributed by atoms with van der Waals surface area (Å²) in [5, 5.41) is 8.86. The third-order valence-electron chi connectivity index (χ3n) is 3.71. The smallest absolute Gasteiger partial charge is 0.391 e. The topological polar surface area (TPSA) is 40.5 Å². The van der Waals surface area contributed by atoms with E-state index in [0.29, 0.717) is 12.8 Å². The van der Waals surface area contributed by atoms with Gasteiger partial charge in [-0.25, -0.2) is 0 Å². The Bertz CT molecular complexity index is 291. The molecule has 1 N–H and O–H groups in total. The first-order valence-corrected chi connectivity index (χ1v) is 5.63. The number of alkyl halides is 3. The molecule has 0 amide bonds. The quantitative estimate of drug-likeness (QED) is 0.840. The maximum Gasteiger partial charge on any atom is 0.391 e. The van der Waals surface area contributed by atoms with E-state index in [1.54, 1.807) is 19.0 Å². The van der Waals surface area contributed by atoms with Crippen LogP contribution < -0.4 is 0 Å². The Morgan fingerprint density at radius 2 is 2.06 bits per heavy atom. The van der Waals surface area contributed by atoms with Crippen LogP contribution in [0.25, 0.3) is 0 Å². The summed E-state index contributed by atoms with van der Waals surface area (Å²) in [5.41, 5.74) is -0.857. The van der Waals surface area contributed by atoms with Crippen molar-refractivity contribution < 1.29 is 23.1 Å². The molecule has 0 aromatic heterocycles. The lowest BCUT2D eigenvalue weighted by Crippen LogP contribution is -2.51. The molecule has 0 heterocycles. The summed E-state index contributed by atoms with van der Waals surface area (Å²) in [6.45, 7) is 0. The van der Waals surface area contributed by atoms with Crippen molar-refractivity contribution in [3.8, 4) is 0 Å². The van der Waals surface area contributed by atoms with Crippen molar-refractivity contribution in [3.63, 3.8) is 0 Å². The standard InChI is InChI=1S/C11H18F3NO2/c1-15(2)10(7-9(16)17)5-3-4-8(6-10)11(12,13)14/h8H,3-7H2,1-2H3,(H,16,17). The highest BCUT2D eigenvalue weighted by atomic mass is 19.4. The van der Waals surface area contributed by atoms with Crippen LogP contribution in [0, 0.1) is 5.92 Å². The molecule has 0 bridgehead atoms. The summed E-state index contributed by atoms with van der Waals surface area (Å²) in [6.07, 6.45) is -3.52. The normalized spacial score (nSPS) is 30.6. The molecule has 17 heavy (non-hydrogen) atoms. The van der Waals surface area contributed by atoms with Gasteiger partial charge in [-0.05, 0) is 33.4 Å². The van der Waals surface area contributed by atoms with Crippen LogP contribution in [0.15, 0.2) is 0 Å². The van der Waals surface area contributed by atoms with Gasteiger partial charge in [-0.15, -0.1) is 0 Å². The Labute approximate surface area is 98.6 Å². The van der Waals surface area contributed by atoms with Gasteiger partial charge in [-0.2, -0.15) is 13.2 Å². The Kier molecular flexibility index (Phi) is 4.06. The van der Waals surface area contributed by atoms with Gasteiger partial charge in [0.25, 0.3) is 0 Å². The van der Waals surface area contributed by atoms with Crippen molar-refractivity contribution in [2.24, 2.45) is 5.92 Å². The molecule has 1 fully saturated rings. The van der Waals surface area contributed by atoms with Crippen molar-refractivity contribution in [3.05, 3.63) is 0 Å². The van der Waals surface area contributed by atoms with Crippen LogP contribution >= 0.6 is 0 Å². The molecule has 2 atom stereocenters. The number of hydrogen-bond acceptors (Lipinski definition) is 2. The first-order chi connectivity index (χ1) is 7.67. The zero-order chi connectivity index (χ0) is 13.3. The lowest BCUT2D eigenvalue weighted by Gasteiger charge is -2.45.